The van der Waals surface area contributed by atoms with Gasteiger partial charge in [-0.05, 0) is 48.4 Å². The van der Waals surface area contributed by atoms with Crippen molar-refractivity contribution >= 4 is 40.0 Å². The molecule has 0 saturated heterocycles. The van der Waals surface area contributed by atoms with E-state index in [0.29, 0.717) is 21.9 Å². The Morgan fingerprint density at radius 2 is 1.83 bits per heavy atom. The number of alkyl halides is 3. The van der Waals surface area contributed by atoms with E-state index in [1.165, 1.54) is 25.1 Å². The molecule has 0 aliphatic carbocycles. The summed E-state index contributed by atoms with van der Waals surface area (Å²) in [6.07, 6.45) is -2.45. The van der Waals surface area contributed by atoms with Crippen LogP contribution < -0.4 is 21.5 Å². The lowest BCUT2D eigenvalue weighted by molar-refractivity contribution is -0.139. The molecule has 9 nitrogen and oxygen atoms in total. The van der Waals surface area contributed by atoms with Gasteiger partial charge in [-0.15, -0.1) is 11.3 Å². The SMILES string of the molecule is CC(Oc1cc(-n2cnc3cc(-c4ccnc(NC(=O)CN)c4)ccc32)sc1C(N)=O)c1ccccc1C(F)(F)F. The topological polar surface area (TPSA) is 138 Å². The molecule has 5 rings (SSSR count). The number of anilines is 1. The third-order valence-electron chi connectivity index (χ3n) is 6.25. The fraction of sp³-hybridized carbons (Fsp3) is 0.143. The van der Waals surface area contributed by atoms with E-state index in [1.54, 1.807) is 35.3 Å². The van der Waals surface area contributed by atoms with Gasteiger partial charge in [0.05, 0.1) is 23.1 Å². The molecule has 0 saturated carbocycles. The van der Waals surface area contributed by atoms with Crippen LogP contribution in [-0.2, 0) is 11.0 Å². The highest BCUT2D eigenvalue weighted by Crippen LogP contribution is 2.39. The predicted octanol–water partition coefficient (Wildman–Crippen LogP) is 5.30. The van der Waals surface area contributed by atoms with Crippen LogP contribution in [0.5, 0.6) is 5.75 Å². The van der Waals surface area contributed by atoms with Crippen LogP contribution in [-0.4, -0.2) is 32.9 Å². The average Bonchev–Trinajstić information content (AvgIpc) is 3.56. The lowest BCUT2D eigenvalue weighted by atomic mass is 10.0. The maximum atomic E-state index is 13.6. The molecule has 0 aliphatic heterocycles. The van der Waals surface area contributed by atoms with Gasteiger partial charge in [-0.3, -0.25) is 14.2 Å². The van der Waals surface area contributed by atoms with Gasteiger partial charge in [0.25, 0.3) is 5.91 Å². The first-order valence-corrected chi connectivity index (χ1v) is 13.1. The van der Waals surface area contributed by atoms with Gasteiger partial charge in [0, 0.05) is 17.8 Å². The summed E-state index contributed by atoms with van der Waals surface area (Å²) in [4.78, 5) is 32.5. The molecule has 41 heavy (non-hydrogen) atoms. The first-order chi connectivity index (χ1) is 19.5. The predicted molar refractivity (Wildman–Crippen MR) is 149 cm³/mol. The smallest absolute Gasteiger partial charge is 0.416 e. The van der Waals surface area contributed by atoms with Gasteiger partial charge in [-0.1, -0.05) is 24.3 Å². The number of pyridine rings is 1. The Morgan fingerprint density at radius 3 is 2.56 bits per heavy atom. The van der Waals surface area contributed by atoms with Crippen molar-refractivity contribution in [3.05, 3.63) is 89.2 Å². The number of fused-ring (bicyclic) bond motifs is 1. The molecule has 5 aromatic rings. The van der Waals surface area contributed by atoms with Gasteiger partial charge in [0.1, 0.15) is 33.9 Å². The summed E-state index contributed by atoms with van der Waals surface area (Å²) in [5.74, 6) is -0.697. The zero-order chi connectivity index (χ0) is 29.3. The highest BCUT2D eigenvalue weighted by molar-refractivity contribution is 7.16. The average molecular weight is 581 g/mol. The maximum absolute atomic E-state index is 13.6. The summed E-state index contributed by atoms with van der Waals surface area (Å²) >= 11 is 1.04. The molecule has 5 N–H and O–H groups in total. The van der Waals surface area contributed by atoms with Crippen LogP contribution in [0, 0.1) is 0 Å². The largest absolute Gasteiger partial charge is 0.484 e. The minimum absolute atomic E-state index is 0.0642. The molecule has 3 aromatic heterocycles. The van der Waals surface area contributed by atoms with Crippen molar-refractivity contribution in [3.8, 4) is 21.9 Å². The van der Waals surface area contributed by atoms with Crippen LogP contribution >= 0.6 is 11.3 Å². The van der Waals surface area contributed by atoms with Gasteiger partial charge < -0.3 is 21.5 Å². The number of imidazole rings is 1. The number of amides is 2. The Bertz CT molecular complexity index is 1760. The Hall–Kier alpha value is -4.75. The summed E-state index contributed by atoms with van der Waals surface area (Å²) in [6, 6.07) is 15.7. The zero-order valence-corrected chi connectivity index (χ0v) is 22.3. The van der Waals surface area contributed by atoms with E-state index >= 15 is 0 Å². The van der Waals surface area contributed by atoms with Crippen LogP contribution in [0.3, 0.4) is 0 Å². The Kier molecular flexibility index (Phi) is 7.47. The molecule has 0 spiro atoms. The zero-order valence-electron chi connectivity index (χ0n) is 21.5. The quantitative estimate of drug-likeness (QED) is 0.228. The summed E-state index contributed by atoms with van der Waals surface area (Å²) in [5, 5.41) is 3.15. The molecule has 13 heteroatoms. The minimum Gasteiger partial charge on any atom is -0.484 e. The van der Waals surface area contributed by atoms with Crippen molar-refractivity contribution in [1.29, 1.82) is 0 Å². The highest BCUT2D eigenvalue weighted by atomic mass is 32.1. The number of ether oxygens (including phenoxy) is 1. The molecule has 0 radical (unpaired) electrons. The van der Waals surface area contributed by atoms with E-state index in [2.05, 4.69) is 15.3 Å². The Balaban J connectivity index is 1.46. The molecule has 1 atom stereocenters. The van der Waals surface area contributed by atoms with Gasteiger partial charge in [-0.25, -0.2) is 9.97 Å². The minimum atomic E-state index is -4.56. The number of aromatic nitrogens is 3. The van der Waals surface area contributed by atoms with Crippen molar-refractivity contribution < 1.29 is 27.5 Å². The van der Waals surface area contributed by atoms with Crippen molar-refractivity contribution in [3.63, 3.8) is 0 Å². The number of benzene rings is 2. The molecule has 0 aliphatic rings. The molecule has 3 heterocycles. The number of nitrogens with one attached hydrogen (secondary N) is 1. The van der Waals surface area contributed by atoms with E-state index in [-0.39, 0.29) is 28.6 Å². The maximum Gasteiger partial charge on any atom is 0.416 e. The van der Waals surface area contributed by atoms with Gasteiger partial charge >= 0.3 is 6.18 Å². The number of rotatable bonds is 8. The Labute approximate surface area is 235 Å². The molecule has 210 valence electrons. The molecule has 2 aromatic carbocycles. The second kappa shape index (κ2) is 11.0. The molecular formula is C28H23F3N6O3S. The van der Waals surface area contributed by atoms with Gasteiger partial charge in [0.2, 0.25) is 5.91 Å². The molecule has 1 unspecified atom stereocenters. The number of carbonyl (C=O) groups excluding carboxylic acids is 2. The molecule has 0 fully saturated rings. The van der Waals surface area contributed by atoms with E-state index in [1.807, 2.05) is 18.2 Å². The number of nitrogens with zero attached hydrogens (tertiary/aromatic N) is 3. The summed E-state index contributed by atoms with van der Waals surface area (Å²) in [5.41, 5.74) is 13.0. The summed E-state index contributed by atoms with van der Waals surface area (Å²) in [7, 11) is 0. The van der Waals surface area contributed by atoms with Crippen molar-refractivity contribution in [2.45, 2.75) is 19.2 Å². The number of carbonyl (C=O) groups is 2. The summed E-state index contributed by atoms with van der Waals surface area (Å²) in [6.45, 7) is 1.31. The lowest BCUT2D eigenvalue weighted by Crippen LogP contribution is -2.22. The number of primary amides is 1. The standard InChI is InChI=1S/C28H23F3N6O3S/c1-15(18-4-2-3-5-19(18)28(29,30)31)40-22-12-25(41-26(22)27(33)39)37-14-35-20-10-16(6-7-21(20)37)17-8-9-34-23(11-17)36-24(38)13-32/h2-12,14-15H,13,32H2,1H3,(H2,33,39)(H,34,36,38). The van der Waals surface area contributed by atoms with Crippen LogP contribution in [0.25, 0.3) is 27.2 Å². The van der Waals surface area contributed by atoms with Gasteiger partial charge in [-0.2, -0.15) is 13.2 Å². The molecule has 0 bridgehead atoms. The first-order valence-electron chi connectivity index (χ1n) is 12.3. The Morgan fingerprint density at radius 1 is 1.07 bits per heavy atom. The van der Waals surface area contributed by atoms with Crippen LogP contribution in [0.4, 0.5) is 19.0 Å². The van der Waals surface area contributed by atoms with E-state index in [9.17, 15) is 22.8 Å². The molecular weight excluding hydrogens is 557 g/mol. The summed E-state index contributed by atoms with van der Waals surface area (Å²) < 4.78 is 48.3. The van der Waals surface area contributed by atoms with E-state index in [0.717, 1.165) is 28.5 Å². The van der Waals surface area contributed by atoms with Gasteiger partial charge in [0.15, 0.2) is 0 Å². The number of thiophene rings is 1. The number of hydrogen-bond acceptors (Lipinski definition) is 7. The monoisotopic (exact) mass is 580 g/mol. The van der Waals surface area contributed by atoms with Crippen LogP contribution in [0.2, 0.25) is 0 Å². The van der Waals surface area contributed by atoms with Crippen molar-refractivity contribution in [1.82, 2.24) is 14.5 Å². The molecule has 2 amide bonds. The lowest BCUT2D eigenvalue weighted by Gasteiger charge is -2.19. The van der Waals surface area contributed by atoms with Crippen LogP contribution in [0.1, 0.15) is 33.8 Å². The number of nitrogens with two attached hydrogens (primary N) is 2. The van der Waals surface area contributed by atoms with E-state index < -0.39 is 23.8 Å². The second-order valence-corrected chi connectivity index (χ2v) is 10.0. The van der Waals surface area contributed by atoms with E-state index in [4.69, 9.17) is 16.2 Å². The fourth-order valence-electron chi connectivity index (χ4n) is 4.34. The number of halogens is 3. The second-order valence-electron chi connectivity index (χ2n) is 8.99. The number of hydrogen-bond donors (Lipinski definition) is 3. The van der Waals surface area contributed by atoms with Crippen LogP contribution in [0.15, 0.2) is 73.2 Å². The third-order valence-corrected chi connectivity index (χ3v) is 7.38. The third kappa shape index (κ3) is 5.76. The highest BCUT2D eigenvalue weighted by Gasteiger charge is 2.35. The first kappa shape index (κ1) is 27.8. The van der Waals surface area contributed by atoms with Crippen molar-refractivity contribution in [2.75, 3.05) is 11.9 Å². The normalized spacial score (nSPS) is 12.3. The fourth-order valence-corrected chi connectivity index (χ4v) is 5.27. The van der Waals surface area contributed by atoms with Crippen molar-refractivity contribution in [2.24, 2.45) is 11.5 Å².